The molecular formula is C14H23N3. The molecule has 17 heavy (non-hydrogen) atoms. The lowest BCUT2D eigenvalue weighted by Crippen LogP contribution is -2.38. The Morgan fingerprint density at radius 1 is 1.12 bits per heavy atom. The van der Waals surface area contributed by atoms with E-state index in [4.69, 9.17) is 0 Å². The number of rotatable bonds is 6. The van der Waals surface area contributed by atoms with Crippen LogP contribution in [0.1, 0.15) is 25.3 Å². The molecule has 0 spiro atoms. The first-order chi connectivity index (χ1) is 8.36. The molecule has 0 atom stereocenters. The van der Waals surface area contributed by atoms with E-state index in [-0.39, 0.29) is 0 Å². The van der Waals surface area contributed by atoms with Crippen molar-refractivity contribution in [2.45, 2.75) is 26.2 Å². The zero-order valence-corrected chi connectivity index (χ0v) is 10.9. The van der Waals surface area contributed by atoms with Crippen LogP contribution in [0.25, 0.3) is 0 Å². The lowest BCUT2D eigenvalue weighted by Gasteiger charge is -2.11. The van der Waals surface area contributed by atoms with E-state index < -0.39 is 0 Å². The minimum atomic E-state index is 0.898. The summed E-state index contributed by atoms with van der Waals surface area (Å²) in [6.07, 6.45) is 3.41. The zero-order chi connectivity index (χ0) is 12.3. The average Bonchev–Trinajstić information content (AvgIpc) is 2.38. The summed E-state index contributed by atoms with van der Waals surface area (Å²) in [5.74, 6) is 0.898. The first kappa shape index (κ1) is 13.6. The summed E-state index contributed by atoms with van der Waals surface area (Å²) in [5.41, 5.74) is 1.35. The van der Waals surface area contributed by atoms with Gasteiger partial charge in [-0.25, -0.2) is 0 Å². The van der Waals surface area contributed by atoms with E-state index in [0.717, 1.165) is 25.5 Å². The number of nitrogens with zero attached hydrogens (tertiary/aromatic N) is 1. The van der Waals surface area contributed by atoms with Crippen molar-refractivity contribution in [3.8, 4) is 0 Å². The van der Waals surface area contributed by atoms with Gasteiger partial charge in [0.15, 0.2) is 5.96 Å². The second-order valence-electron chi connectivity index (χ2n) is 4.01. The van der Waals surface area contributed by atoms with Crippen molar-refractivity contribution in [2.75, 3.05) is 20.1 Å². The smallest absolute Gasteiger partial charge is 0.190 e. The van der Waals surface area contributed by atoms with E-state index in [0.29, 0.717) is 0 Å². The van der Waals surface area contributed by atoms with Crippen LogP contribution in [0.3, 0.4) is 0 Å². The minimum Gasteiger partial charge on any atom is -0.356 e. The first-order valence-electron chi connectivity index (χ1n) is 6.35. The number of nitrogens with one attached hydrogen (secondary N) is 2. The Balaban J connectivity index is 2.20. The van der Waals surface area contributed by atoms with Crippen LogP contribution in [0.4, 0.5) is 0 Å². The summed E-state index contributed by atoms with van der Waals surface area (Å²) in [4.78, 5) is 4.19. The Labute approximate surface area is 104 Å². The van der Waals surface area contributed by atoms with Crippen LogP contribution >= 0.6 is 0 Å². The standard InChI is InChI=1S/C14H23N3/c1-3-4-11-16-14(15-2)17-12-10-13-8-6-5-7-9-13/h5-9H,3-4,10-12H2,1-2H3,(H2,15,16,17). The number of guanidine groups is 1. The van der Waals surface area contributed by atoms with Crippen LogP contribution in [0, 0.1) is 0 Å². The number of hydrogen-bond donors (Lipinski definition) is 2. The molecule has 0 radical (unpaired) electrons. The Hall–Kier alpha value is -1.51. The van der Waals surface area contributed by atoms with Gasteiger partial charge in [-0.3, -0.25) is 4.99 Å². The molecule has 2 N–H and O–H groups in total. The number of aliphatic imine (C=N–C) groups is 1. The highest BCUT2D eigenvalue weighted by atomic mass is 15.2. The summed E-state index contributed by atoms with van der Waals surface area (Å²) in [5, 5.41) is 6.61. The van der Waals surface area contributed by atoms with Gasteiger partial charge in [-0.1, -0.05) is 43.7 Å². The van der Waals surface area contributed by atoms with Gasteiger partial charge in [0.2, 0.25) is 0 Å². The monoisotopic (exact) mass is 233 g/mol. The van der Waals surface area contributed by atoms with Crippen molar-refractivity contribution >= 4 is 5.96 Å². The van der Waals surface area contributed by atoms with Gasteiger partial charge in [-0.2, -0.15) is 0 Å². The van der Waals surface area contributed by atoms with E-state index in [9.17, 15) is 0 Å². The maximum atomic E-state index is 4.19. The van der Waals surface area contributed by atoms with Crippen molar-refractivity contribution in [3.63, 3.8) is 0 Å². The lowest BCUT2D eigenvalue weighted by molar-refractivity contribution is 0.727. The summed E-state index contributed by atoms with van der Waals surface area (Å²) >= 11 is 0. The van der Waals surface area contributed by atoms with Gasteiger partial charge in [-0.05, 0) is 18.4 Å². The largest absolute Gasteiger partial charge is 0.356 e. The maximum absolute atomic E-state index is 4.19. The topological polar surface area (TPSA) is 36.4 Å². The fourth-order valence-corrected chi connectivity index (χ4v) is 1.57. The molecular weight excluding hydrogens is 210 g/mol. The van der Waals surface area contributed by atoms with Crippen molar-refractivity contribution < 1.29 is 0 Å². The Kier molecular flexibility index (Phi) is 6.87. The highest BCUT2D eigenvalue weighted by molar-refractivity contribution is 5.79. The third-order valence-electron chi connectivity index (χ3n) is 2.60. The fourth-order valence-electron chi connectivity index (χ4n) is 1.57. The van der Waals surface area contributed by atoms with Gasteiger partial charge in [0.25, 0.3) is 0 Å². The molecule has 0 aliphatic rings. The van der Waals surface area contributed by atoms with Crippen LogP contribution in [0.15, 0.2) is 35.3 Å². The molecule has 0 fully saturated rings. The van der Waals surface area contributed by atoms with Crippen LogP contribution < -0.4 is 10.6 Å². The Morgan fingerprint density at radius 2 is 1.82 bits per heavy atom. The molecule has 0 bridgehead atoms. The van der Waals surface area contributed by atoms with Crippen LogP contribution in [0.5, 0.6) is 0 Å². The molecule has 1 rings (SSSR count). The molecule has 1 aromatic rings. The van der Waals surface area contributed by atoms with Gasteiger partial charge in [0.1, 0.15) is 0 Å². The van der Waals surface area contributed by atoms with Crippen LogP contribution in [-0.4, -0.2) is 26.1 Å². The van der Waals surface area contributed by atoms with Crippen molar-refractivity contribution in [1.82, 2.24) is 10.6 Å². The number of hydrogen-bond acceptors (Lipinski definition) is 1. The molecule has 0 aliphatic heterocycles. The van der Waals surface area contributed by atoms with Crippen molar-refractivity contribution in [2.24, 2.45) is 4.99 Å². The molecule has 3 nitrogen and oxygen atoms in total. The molecule has 0 saturated carbocycles. The second kappa shape index (κ2) is 8.62. The van der Waals surface area contributed by atoms with Gasteiger partial charge < -0.3 is 10.6 Å². The Bertz CT molecular complexity index is 319. The summed E-state index contributed by atoms with van der Waals surface area (Å²) in [7, 11) is 1.81. The first-order valence-corrected chi connectivity index (χ1v) is 6.35. The third-order valence-corrected chi connectivity index (χ3v) is 2.60. The summed E-state index contributed by atoms with van der Waals surface area (Å²) in [6.45, 7) is 4.09. The molecule has 0 unspecified atom stereocenters. The predicted octanol–water partition coefficient (Wildman–Crippen LogP) is 2.19. The molecule has 0 aromatic heterocycles. The predicted molar refractivity (Wildman–Crippen MR) is 74.4 cm³/mol. The average molecular weight is 233 g/mol. The molecule has 0 aliphatic carbocycles. The number of benzene rings is 1. The van der Waals surface area contributed by atoms with Crippen LogP contribution in [0.2, 0.25) is 0 Å². The molecule has 94 valence electrons. The second-order valence-corrected chi connectivity index (χ2v) is 4.01. The molecule has 0 amide bonds. The zero-order valence-electron chi connectivity index (χ0n) is 10.9. The quantitative estimate of drug-likeness (QED) is 0.449. The SMILES string of the molecule is CCCCNC(=NC)NCCc1ccccc1. The summed E-state index contributed by atoms with van der Waals surface area (Å²) < 4.78 is 0. The van der Waals surface area contributed by atoms with E-state index in [1.165, 1.54) is 18.4 Å². The van der Waals surface area contributed by atoms with Gasteiger partial charge in [0, 0.05) is 20.1 Å². The number of unbranched alkanes of at least 4 members (excludes halogenated alkanes) is 1. The van der Waals surface area contributed by atoms with E-state index in [2.05, 4.69) is 46.8 Å². The normalized spacial score (nSPS) is 11.3. The summed E-state index contributed by atoms with van der Waals surface area (Å²) in [6, 6.07) is 10.5. The van der Waals surface area contributed by atoms with E-state index >= 15 is 0 Å². The van der Waals surface area contributed by atoms with Gasteiger partial charge in [0.05, 0.1) is 0 Å². The van der Waals surface area contributed by atoms with E-state index in [1.54, 1.807) is 0 Å². The Morgan fingerprint density at radius 3 is 2.47 bits per heavy atom. The molecule has 3 heteroatoms. The molecule has 0 saturated heterocycles. The minimum absolute atomic E-state index is 0.898. The van der Waals surface area contributed by atoms with Crippen molar-refractivity contribution in [1.29, 1.82) is 0 Å². The third kappa shape index (κ3) is 5.95. The van der Waals surface area contributed by atoms with E-state index in [1.807, 2.05) is 13.1 Å². The fraction of sp³-hybridized carbons (Fsp3) is 0.500. The molecule has 1 aromatic carbocycles. The van der Waals surface area contributed by atoms with Crippen molar-refractivity contribution in [3.05, 3.63) is 35.9 Å². The molecule has 0 heterocycles. The highest BCUT2D eigenvalue weighted by Crippen LogP contribution is 1.97. The maximum Gasteiger partial charge on any atom is 0.190 e. The van der Waals surface area contributed by atoms with Crippen LogP contribution in [-0.2, 0) is 6.42 Å². The highest BCUT2D eigenvalue weighted by Gasteiger charge is 1.96. The van der Waals surface area contributed by atoms with Gasteiger partial charge in [-0.15, -0.1) is 0 Å². The van der Waals surface area contributed by atoms with Gasteiger partial charge >= 0.3 is 0 Å². The lowest BCUT2D eigenvalue weighted by atomic mass is 10.1.